The Morgan fingerprint density at radius 1 is 1.06 bits per heavy atom. The molecule has 8 heteroatoms. The van der Waals surface area contributed by atoms with Crippen LogP contribution in [0.4, 0.5) is 0 Å². The van der Waals surface area contributed by atoms with Crippen molar-refractivity contribution in [2.45, 2.75) is 36.9 Å². The van der Waals surface area contributed by atoms with Crippen molar-refractivity contribution in [1.29, 1.82) is 0 Å². The van der Waals surface area contributed by atoms with Gasteiger partial charge in [-0.25, -0.2) is 17.5 Å². The number of hydrogen-bond donors (Lipinski definition) is 0. The average molecular weight is 503 g/mol. The number of benzene rings is 3. The quantitative estimate of drug-likeness (QED) is 0.482. The monoisotopic (exact) mass is 502 g/mol. The average Bonchev–Trinajstić information content (AvgIpc) is 3.15. The Morgan fingerprint density at radius 2 is 1.75 bits per heavy atom. The largest absolute Gasteiger partial charge is 0.464 e. The maximum atomic E-state index is 14.0. The fourth-order valence-electron chi connectivity index (χ4n) is 4.54. The minimum Gasteiger partial charge on any atom is -0.464 e. The van der Waals surface area contributed by atoms with Crippen molar-refractivity contribution in [1.82, 2.24) is 4.31 Å². The third-order valence-electron chi connectivity index (χ3n) is 6.34. The van der Waals surface area contributed by atoms with Gasteiger partial charge in [0.15, 0.2) is 0 Å². The zero-order valence-electron chi connectivity index (χ0n) is 20.0. The molecular formula is C28H26N2O5S. The van der Waals surface area contributed by atoms with Gasteiger partial charge in [0, 0.05) is 12.0 Å². The van der Waals surface area contributed by atoms with Crippen LogP contribution in [-0.2, 0) is 30.7 Å². The molecule has 0 bridgehead atoms. The summed E-state index contributed by atoms with van der Waals surface area (Å²) in [7, 11) is -4.15. The highest BCUT2D eigenvalue weighted by Crippen LogP contribution is 2.43. The van der Waals surface area contributed by atoms with E-state index in [2.05, 4.69) is 4.99 Å². The third kappa shape index (κ3) is 4.07. The molecule has 5 rings (SSSR count). The molecule has 36 heavy (non-hydrogen) atoms. The van der Waals surface area contributed by atoms with Crippen LogP contribution in [-0.4, -0.2) is 43.4 Å². The molecule has 2 aliphatic rings. The molecule has 0 N–H and O–H groups in total. The van der Waals surface area contributed by atoms with E-state index >= 15 is 0 Å². The van der Waals surface area contributed by atoms with E-state index in [9.17, 15) is 13.2 Å². The van der Waals surface area contributed by atoms with Crippen LogP contribution < -0.4 is 0 Å². The van der Waals surface area contributed by atoms with E-state index in [-0.39, 0.29) is 17.9 Å². The van der Waals surface area contributed by atoms with E-state index in [1.807, 2.05) is 67.6 Å². The Balaban J connectivity index is 1.72. The number of hydrogen-bond acceptors (Lipinski definition) is 6. The van der Waals surface area contributed by atoms with Gasteiger partial charge in [0.1, 0.15) is 12.1 Å². The normalized spacial score (nSPS) is 20.9. The van der Waals surface area contributed by atoms with E-state index in [0.29, 0.717) is 5.76 Å². The van der Waals surface area contributed by atoms with E-state index < -0.39 is 27.8 Å². The molecule has 3 aromatic carbocycles. The number of carbonyl (C=O) groups is 1. The van der Waals surface area contributed by atoms with Crippen molar-refractivity contribution in [3.8, 4) is 0 Å². The van der Waals surface area contributed by atoms with Gasteiger partial charge < -0.3 is 9.47 Å². The molecule has 0 aromatic heterocycles. The van der Waals surface area contributed by atoms with Crippen molar-refractivity contribution in [2.24, 2.45) is 4.99 Å². The molecule has 0 radical (unpaired) electrons. The number of fused-ring (bicyclic) bond motifs is 1. The highest BCUT2D eigenvalue weighted by molar-refractivity contribution is 7.89. The lowest BCUT2D eigenvalue weighted by molar-refractivity contribution is -0.153. The van der Waals surface area contributed by atoms with Crippen LogP contribution in [0.2, 0.25) is 0 Å². The van der Waals surface area contributed by atoms with Crippen LogP contribution in [0.25, 0.3) is 11.8 Å². The number of nitrogens with zero attached hydrogens (tertiary/aromatic N) is 2. The molecule has 184 valence electrons. The van der Waals surface area contributed by atoms with Crippen LogP contribution >= 0.6 is 0 Å². The summed E-state index contributed by atoms with van der Waals surface area (Å²) < 4.78 is 41.0. The molecule has 3 aromatic rings. The van der Waals surface area contributed by atoms with Gasteiger partial charge in [0.05, 0.1) is 11.5 Å². The standard InChI is InChI=1S/C28H26N2O5S/c1-3-34-27(31)26-28(30(19-29-26)36(32,33)24-15-13-20(2)14-16-24)18-23-12-8-7-11-22(23)17-25(35-28)21-9-5-4-6-10-21/h4-17,19,26H,3,18H2,1-2H3/t26-,28-/m0/s1. The molecule has 2 heterocycles. The van der Waals surface area contributed by atoms with Gasteiger partial charge in [-0.3, -0.25) is 4.99 Å². The zero-order chi connectivity index (χ0) is 25.3. The highest BCUT2D eigenvalue weighted by atomic mass is 32.2. The number of aryl methyl sites for hydroxylation is 1. The topological polar surface area (TPSA) is 85.3 Å². The van der Waals surface area contributed by atoms with Crippen molar-refractivity contribution >= 4 is 34.2 Å². The van der Waals surface area contributed by atoms with Gasteiger partial charge in [0.25, 0.3) is 10.0 Å². The molecule has 0 saturated carbocycles. The van der Waals surface area contributed by atoms with Gasteiger partial charge >= 0.3 is 5.97 Å². The minimum atomic E-state index is -4.15. The molecule has 0 aliphatic carbocycles. The number of carbonyl (C=O) groups excluding carboxylic acids is 1. The Hall–Kier alpha value is -3.91. The lowest BCUT2D eigenvalue weighted by Gasteiger charge is -2.40. The minimum absolute atomic E-state index is 0.0785. The van der Waals surface area contributed by atoms with Crippen molar-refractivity contribution in [3.05, 3.63) is 101 Å². The van der Waals surface area contributed by atoms with E-state index in [1.165, 1.54) is 6.34 Å². The summed E-state index contributed by atoms with van der Waals surface area (Å²) >= 11 is 0. The summed E-state index contributed by atoms with van der Waals surface area (Å²) in [5, 5.41) is 0. The van der Waals surface area contributed by atoms with E-state index in [4.69, 9.17) is 9.47 Å². The highest BCUT2D eigenvalue weighted by Gasteiger charge is 2.59. The molecule has 0 amide bonds. The van der Waals surface area contributed by atoms with E-state index in [1.54, 1.807) is 31.2 Å². The van der Waals surface area contributed by atoms with Gasteiger partial charge in [-0.05, 0) is 43.2 Å². The van der Waals surface area contributed by atoms with Crippen molar-refractivity contribution < 1.29 is 22.7 Å². The second kappa shape index (κ2) is 9.28. The summed E-state index contributed by atoms with van der Waals surface area (Å²) in [6.45, 7) is 3.71. The molecule has 0 fully saturated rings. The first-order chi connectivity index (χ1) is 17.3. The van der Waals surface area contributed by atoms with E-state index in [0.717, 1.165) is 26.6 Å². The number of rotatable bonds is 5. The Bertz CT molecular complexity index is 1450. The first-order valence-electron chi connectivity index (χ1n) is 11.7. The van der Waals surface area contributed by atoms with Gasteiger partial charge in [-0.15, -0.1) is 0 Å². The summed E-state index contributed by atoms with van der Waals surface area (Å²) in [4.78, 5) is 17.6. The second-order valence-corrected chi connectivity index (χ2v) is 10.5. The van der Waals surface area contributed by atoms with Crippen LogP contribution in [0, 0.1) is 6.92 Å². The summed E-state index contributed by atoms with van der Waals surface area (Å²) in [6.07, 6.45) is 3.15. The van der Waals surface area contributed by atoms with Crippen LogP contribution in [0.15, 0.2) is 88.8 Å². The molecule has 2 atom stereocenters. The second-order valence-electron chi connectivity index (χ2n) is 8.73. The molecular weight excluding hydrogens is 476 g/mol. The van der Waals surface area contributed by atoms with Crippen LogP contribution in [0.1, 0.15) is 29.2 Å². The maximum Gasteiger partial charge on any atom is 0.337 e. The van der Waals surface area contributed by atoms with Gasteiger partial charge in [-0.1, -0.05) is 72.3 Å². The zero-order valence-corrected chi connectivity index (χ0v) is 20.8. The fraction of sp³-hybridized carbons (Fsp3) is 0.214. The molecule has 1 spiro atoms. The molecule has 7 nitrogen and oxygen atoms in total. The molecule has 2 aliphatic heterocycles. The summed E-state index contributed by atoms with van der Waals surface area (Å²) in [5.41, 5.74) is 1.67. The Kier molecular flexibility index (Phi) is 6.14. The lowest BCUT2D eigenvalue weighted by atomic mass is 9.94. The Labute approximate surface area is 210 Å². The summed E-state index contributed by atoms with van der Waals surface area (Å²) in [6, 6.07) is 22.3. The number of esters is 1. The van der Waals surface area contributed by atoms with Crippen LogP contribution in [0.5, 0.6) is 0 Å². The number of ether oxygens (including phenoxy) is 2. The maximum absolute atomic E-state index is 14.0. The first-order valence-corrected chi connectivity index (χ1v) is 13.1. The van der Waals surface area contributed by atoms with Gasteiger partial charge in [0.2, 0.25) is 11.8 Å². The fourth-order valence-corrected chi connectivity index (χ4v) is 6.04. The predicted molar refractivity (Wildman–Crippen MR) is 137 cm³/mol. The number of aliphatic imine (C=N–C) groups is 1. The first kappa shape index (κ1) is 23.8. The third-order valence-corrected chi connectivity index (χ3v) is 8.13. The molecule has 0 unspecified atom stereocenters. The Morgan fingerprint density at radius 3 is 2.47 bits per heavy atom. The predicted octanol–water partition coefficient (Wildman–Crippen LogP) is 4.43. The number of sulfonamides is 1. The van der Waals surface area contributed by atoms with Crippen LogP contribution in [0.3, 0.4) is 0 Å². The SMILES string of the molecule is CCOC(=O)[C@@H]1N=CN(S(=O)(=O)c2ccc(C)cc2)[C@]12Cc1ccccc1C=C(c1ccccc1)O2. The lowest BCUT2D eigenvalue weighted by Crippen LogP contribution is -2.59. The van der Waals surface area contributed by atoms with Crippen molar-refractivity contribution in [2.75, 3.05) is 6.61 Å². The smallest absolute Gasteiger partial charge is 0.337 e. The van der Waals surface area contributed by atoms with Gasteiger partial charge in [-0.2, -0.15) is 0 Å². The van der Waals surface area contributed by atoms with Crippen molar-refractivity contribution in [3.63, 3.8) is 0 Å². The summed E-state index contributed by atoms with van der Waals surface area (Å²) in [5.74, 6) is -0.216. The molecule has 0 saturated heterocycles.